The normalized spacial score (nSPS) is 11.2. The highest BCUT2D eigenvalue weighted by molar-refractivity contribution is 7.84. The van der Waals surface area contributed by atoms with E-state index in [1.54, 1.807) is 49.6 Å². The largest absolute Gasteiger partial charge is 0.497 e. The molecule has 3 aromatic rings. The summed E-state index contributed by atoms with van der Waals surface area (Å²) >= 11 is 0. The molecule has 0 spiro atoms. The zero-order valence-electron chi connectivity index (χ0n) is 15.9. The molecule has 0 radical (unpaired) electrons. The Morgan fingerprint density at radius 3 is 1.86 bits per heavy atom. The van der Waals surface area contributed by atoms with E-state index in [4.69, 9.17) is 8.92 Å². The highest BCUT2D eigenvalue weighted by Crippen LogP contribution is 2.19. The lowest BCUT2D eigenvalue weighted by molar-refractivity contribution is 0.0729. The van der Waals surface area contributed by atoms with Gasteiger partial charge >= 0.3 is 16.3 Å². The van der Waals surface area contributed by atoms with E-state index < -0.39 is 16.3 Å². The van der Waals surface area contributed by atoms with Gasteiger partial charge in [-0.05, 0) is 35.4 Å². The van der Waals surface area contributed by atoms with Crippen LogP contribution < -0.4 is 4.74 Å². The maximum atomic E-state index is 12.9. The molecule has 29 heavy (non-hydrogen) atoms. The van der Waals surface area contributed by atoms with Crippen LogP contribution in [0.4, 0.5) is 0 Å². The molecule has 6 nitrogen and oxygen atoms in total. The standard InChI is InChI=1S/C22H21NO5S/c1-27-21-14-12-19(13-15-21)17-23(16-18-8-4-2-5-9-18)29(25,26)28-22(24)20-10-6-3-7-11-20/h2-15H,16-17H2,1H3. The summed E-state index contributed by atoms with van der Waals surface area (Å²) < 4.78 is 37.0. The van der Waals surface area contributed by atoms with E-state index in [0.29, 0.717) is 5.75 Å². The van der Waals surface area contributed by atoms with Crippen LogP contribution in [0.5, 0.6) is 5.75 Å². The third kappa shape index (κ3) is 5.66. The third-order valence-corrected chi connectivity index (χ3v) is 5.48. The molecule has 7 heteroatoms. The molecule has 0 saturated carbocycles. The molecule has 0 aromatic heterocycles. The van der Waals surface area contributed by atoms with Crippen molar-refractivity contribution in [2.75, 3.05) is 7.11 Å². The molecule has 0 heterocycles. The highest BCUT2D eigenvalue weighted by Gasteiger charge is 2.28. The average Bonchev–Trinajstić information content (AvgIpc) is 2.75. The summed E-state index contributed by atoms with van der Waals surface area (Å²) in [7, 11) is -2.77. The predicted octanol–water partition coefficient (Wildman–Crippen LogP) is 3.80. The lowest BCUT2D eigenvalue weighted by Gasteiger charge is -2.21. The number of carbonyl (C=O) groups is 1. The van der Waals surface area contributed by atoms with E-state index >= 15 is 0 Å². The molecule has 0 unspecified atom stereocenters. The first-order valence-electron chi connectivity index (χ1n) is 8.94. The second-order valence-electron chi connectivity index (χ2n) is 6.30. The van der Waals surface area contributed by atoms with Gasteiger partial charge in [0.1, 0.15) is 5.75 Å². The van der Waals surface area contributed by atoms with Crippen LogP contribution in [0.25, 0.3) is 0 Å². The quantitative estimate of drug-likeness (QED) is 0.564. The van der Waals surface area contributed by atoms with E-state index in [0.717, 1.165) is 15.4 Å². The number of hydrogen-bond acceptors (Lipinski definition) is 5. The molecule has 0 atom stereocenters. The first-order chi connectivity index (χ1) is 14.0. The average molecular weight is 411 g/mol. The zero-order valence-corrected chi connectivity index (χ0v) is 16.7. The van der Waals surface area contributed by atoms with Crippen molar-refractivity contribution < 1.29 is 22.1 Å². The van der Waals surface area contributed by atoms with Crippen molar-refractivity contribution in [3.8, 4) is 5.75 Å². The van der Waals surface area contributed by atoms with Gasteiger partial charge in [-0.2, -0.15) is 12.7 Å². The Balaban J connectivity index is 1.84. The molecule has 3 rings (SSSR count). The topological polar surface area (TPSA) is 72.9 Å². The van der Waals surface area contributed by atoms with Crippen molar-refractivity contribution in [3.63, 3.8) is 0 Å². The zero-order chi connectivity index (χ0) is 20.7. The fourth-order valence-electron chi connectivity index (χ4n) is 2.71. The summed E-state index contributed by atoms with van der Waals surface area (Å²) in [6.45, 7) is 0.112. The first-order valence-corrected chi connectivity index (χ1v) is 10.3. The summed E-state index contributed by atoms with van der Waals surface area (Å²) in [6.07, 6.45) is 0. The predicted molar refractivity (Wildman–Crippen MR) is 109 cm³/mol. The molecule has 0 fully saturated rings. The second kappa shape index (κ2) is 9.36. The number of benzene rings is 3. The molecular formula is C22H21NO5S. The van der Waals surface area contributed by atoms with Crippen LogP contribution in [-0.4, -0.2) is 25.8 Å². The van der Waals surface area contributed by atoms with Crippen molar-refractivity contribution >= 4 is 16.3 Å². The van der Waals surface area contributed by atoms with Gasteiger partial charge in [-0.25, -0.2) is 4.79 Å². The van der Waals surface area contributed by atoms with Gasteiger partial charge < -0.3 is 8.92 Å². The fraction of sp³-hybridized carbons (Fsp3) is 0.136. The van der Waals surface area contributed by atoms with Crippen LogP contribution in [0, 0.1) is 0 Å². The number of hydrogen-bond donors (Lipinski definition) is 0. The number of ether oxygens (including phenoxy) is 1. The summed E-state index contributed by atoms with van der Waals surface area (Å²) in [5.74, 6) is -0.250. The Labute approximate surface area is 170 Å². The smallest absolute Gasteiger partial charge is 0.388 e. The van der Waals surface area contributed by atoms with Gasteiger partial charge in [-0.1, -0.05) is 60.7 Å². The van der Waals surface area contributed by atoms with Crippen molar-refractivity contribution in [2.45, 2.75) is 13.1 Å². The van der Waals surface area contributed by atoms with E-state index in [9.17, 15) is 13.2 Å². The van der Waals surface area contributed by atoms with Crippen LogP contribution in [0.1, 0.15) is 21.5 Å². The number of methoxy groups -OCH3 is 1. The van der Waals surface area contributed by atoms with Crippen LogP contribution >= 0.6 is 0 Å². The molecule has 0 bridgehead atoms. The van der Waals surface area contributed by atoms with Crippen molar-refractivity contribution in [2.24, 2.45) is 0 Å². The van der Waals surface area contributed by atoms with E-state index in [1.807, 2.05) is 30.3 Å². The Kier molecular flexibility index (Phi) is 6.64. The lowest BCUT2D eigenvalue weighted by Crippen LogP contribution is -2.33. The molecule has 0 aliphatic rings. The molecule has 0 saturated heterocycles. The van der Waals surface area contributed by atoms with Gasteiger partial charge in [0.2, 0.25) is 0 Å². The fourth-order valence-corrected chi connectivity index (χ4v) is 3.71. The Hall–Kier alpha value is -3.16. The Morgan fingerprint density at radius 2 is 1.31 bits per heavy atom. The van der Waals surface area contributed by atoms with Gasteiger partial charge in [0.05, 0.1) is 12.7 Å². The van der Waals surface area contributed by atoms with Gasteiger partial charge in [-0.3, -0.25) is 0 Å². The van der Waals surface area contributed by atoms with Gasteiger partial charge in [0, 0.05) is 13.1 Å². The van der Waals surface area contributed by atoms with Crippen LogP contribution in [0.3, 0.4) is 0 Å². The Bertz CT molecular complexity index is 1040. The van der Waals surface area contributed by atoms with Crippen molar-refractivity contribution in [3.05, 3.63) is 102 Å². The van der Waals surface area contributed by atoms with Gasteiger partial charge in [0.15, 0.2) is 0 Å². The summed E-state index contributed by atoms with van der Waals surface area (Å²) in [5.41, 5.74) is 1.68. The molecule has 3 aromatic carbocycles. The molecular weight excluding hydrogens is 390 g/mol. The number of nitrogens with zero attached hydrogens (tertiary/aromatic N) is 1. The third-order valence-electron chi connectivity index (χ3n) is 4.23. The lowest BCUT2D eigenvalue weighted by atomic mass is 10.2. The number of carbonyl (C=O) groups excluding carboxylic acids is 1. The first kappa shape index (κ1) is 20.6. The summed E-state index contributed by atoms with van der Waals surface area (Å²) in [4.78, 5) is 12.3. The minimum atomic E-state index is -4.33. The number of rotatable bonds is 8. The summed E-state index contributed by atoms with van der Waals surface area (Å²) in [5, 5.41) is 0. The molecule has 150 valence electrons. The van der Waals surface area contributed by atoms with Crippen LogP contribution in [-0.2, 0) is 27.6 Å². The van der Waals surface area contributed by atoms with E-state index in [2.05, 4.69) is 0 Å². The van der Waals surface area contributed by atoms with Gasteiger partial charge in [0.25, 0.3) is 0 Å². The van der Waals surface area contributed by atoms with E-state index in [1.165, 1.54) is 12.1 Å². The minimum Gasteiger partial charge on any atom is -0.497 e. The SMILES string of the molecule is COc1ccc(CN(Cc2ccccc2)S(=O)(=O)OC(=O)c2ccccc2)cc1. The Morgan fingerprint density at radius 1 is 0.793 bits per heavy atom. The van der Waals surface area contributed by atoms with Crippen molar-refractivity contribution in [1.29, 1.82) is 0 Å². The van der Waals surface area contributed by atoms with Gasteiger partial charge in [-0.15, -0.1) is 0 Å². The second-order valence-corrected chi connectivity index (χ2v) is 7.83. The maximum absolute atomic E-state index is 12.9. The minimum absolute atomic E-state index is 0.0449. The molecule has 0 aliphatic heterocycles. The van der Waals surface area contributed by atoms with Crippen LogP contribution in [0.2, 0.25) is 0 Å². The highest BCUT2D eigenvalue weighted by atomic mass is 32.2. The molecule has 0 amide bonds. The molecule has 0 N–H and O–H groups in total. The monoisotopic (exact) mass is 411 g/mol. The molecule has 0 aliphatic carbocycles. The van der Waals surface area contributed by atoms with Crippen LogP contribution in [0.15, 0.2) is 84.9 Å². The summed E-state index contributed by atoms with van der Waals surface area (Å²) in [6, 6.07) is 24.2. The van der Waals surface area contributed by atoms with E-state index in [-0.39, 0.29) is 18.7 Å². The maximum Gasteiger partial charge on any atom is 0.388 e. The van der Waals surface area contributed by atoms with Crippen molar-refractivity contribution in [1.82, 2.24) is 4.31 Å².